The average Bonchev–Trinajstić information content (AvgIpc) is 2.72. The summed E-state index contributed by atoms with van der Waals surface area (Å²) >= 11 is 0. The number of para-hydroxylation sites is 1. The van der Waals surface area contributed by atoms with Gasteiger partial charge in [0, 0.05) is 12.1 Å². The van der Waals surface area contributed by atoms with Crippen molar-refractivity contribution in [2.45, 2.75) is 0 Å². The highest BCUT2D eigenvalue weighted by molar-refractivity contribution is 5.89. The molecule has 0 aromatic heterocycles. The predicted octanol–water partition coefficient (Wildman–Crippen LogP) is 2.11. The number of methoxy groups -OCH3 is 3. The number of rotatable bonds is 8. The first-order valence-corrected chi connectivity index (χ1v) is 7.86. The van der Waals surface area contributed by atoms with E-state index in [1.807, 2.05) is 6.07 Å². The van der Waals surface area contributed by atoms with Gasteiger partial charge in [-0.05, 0) is 12.1 Å². The topological polar surface area (TPSA) is 102 Å². The fraction of sp³-hybridized carbons (Fsp3) is 0.211. The fourth-order valence-corrected chi connectivity index (χ4v) is 2.19. The lowest BCUT2D eigenvalue weighted by Gasteiger charge is -2.12. The summed E-state index contributed by atoms with van der Waals surface area (Å²) in [6.45, 7) is -0.285. The van der Waals surface area contributed by atoms with Crippen LogP contribution in [0.2, 0.25) is 0 Å². The fourth-order valence-electron chi connectivity index (χ4n) is 2.19. The number of ether oxygens (including phenoxy) is 4. The molecule has 0 spiro atoms. The van der Waals surface area contributed by atoms with Gasteiger partial charge in [-0.25, -0.2) is 5.43 Å². The molecule has 0 heterocycles. The molecule has 2 rings (SSSR count). The Morgan fingerprint density at radius 3 is 2.37 bits per heavy atom. The Bertz CT molecular complexity index is 849. The molecule has 0 atom stereocenters. The first-order valence-electron chi connectivity index (χ1n) is 7.86. The second kappa shape index (κ2) is 9.68. The van der Waals surface area contributed by atoms with E-state index in [1.165, 1.54) is 27.5 Å². The Morgan fingerprint density at radius 2 is 1.78 bits per heavy atom. The molecule has 0 aliphatic carbocycles. The Morgan fingerprint density at radius 1 is 1.11 bits per heavy atom. The number of hydrogen-bond acceptors (Lipinski definition) is 7. The van der Waals surface area contributed by atoms with Gasteiger partial charge in [0.1, 0.15) is 29.1 Å². The molecular weight excluding hydrogens is 350 g/mol. The Labute approximate surface area is 156 Å². The van der Waals surface area contributed by atoms with Crippen LogP contribution in [0.25, 0.3) is 0 Å². The number of benzene rings is 2. The minimum absolute atomic E-state index is 0.285. The van der Waals surface area contributed by atoms with Gasteiger partial charge in [-0.1, -0.05) is 12.1 Å². The number of nitriles is 1. The molecule has 8 heteroatoms. The normalized spacial score (nSPS) is 10.1. The molecule has 0 aliphatic rings. The third-order valence-electron chi connectivity index (χ3n) is 3.50. The van der Waals surface area contributed by atoms with E-state index < -0.39 is 5.91 Å². The van der Waals surface area contributed by atoms with Crippen molar-refractivity contribution in [3.05, 3.63) is 47.5 Å². The predicted molar refractivity (Wildman–Crippen MR) is 98.5 cm³/mol. The number of nitrogens with zero attached hydrogens (tertiary/aromatic N) is 2. The number of amides is 1. The van der Waals surface area contributed by atoms with Gasteiger partial charge >= 0.3 is 0 Å². The molecule has 1 amide bonds. The Kier molecular flexibility index (Phi) is 7.02. The van der Waals surface area contributed by atoms with Gasteiger partial charge in [0.15, 0.2) is 6.61 Å². The maximum Gasteiger partial charge on any atom is 0.277 e. The summed E-state index contributed by atoms with van der Waals surface area (Å²) in [6, 6.07) is 12.0. The molecule has 0 fully saturated rings. The van der Waals surface area contributed by atoms with Crippen molar-refractivity contribution in [2.24, 2.45) is 5.10 Å². The van der Waals surface area contributed by atoms with Crippen LogP contribution in [0.5, 0.6) is 23.0 Å². The monoisotopic (exact) mass is 369 g/mol. The van der Waals surface area contributed by atoms with Crippen LogP contribution in [-0.2, 0) is 4.79 Å². The van der Waals surface area contributed by atoms with Crippen LogP contribution in [0.1, 0.15) is 11.1 Å². The van der Waals surface area contributed by atoms with Gasteiger partial charge in [0.25, 0.3) is 5.91 Å². The van der Waals surface area contributed by atoms with Crippen molar-refractivity contribution < 1.29 is 23.7 Å². The standard InChI is InChI=1S/C19H19N3O5/c1-24-14-8-17(25-2)15(18(9-14)26-3)11-21-22-19(23)12-27-16-7-5-4-6-13(16)10-20/h4-9,11H,12H2,1-3H3,(H,22,23)/b21-11-. The molecule has 0 aliphatic heterocycles. The van der Waals surface area contributed by atoms with Gasteiger partial charge in [-0.2, -0.15) is 10.4 Å². The molecule has 0 saturated heterocycles. The largest absolute Gasteiger partial charge is 0.496 e. The van der Waals surface area contributed by atoms with Crippen molar-refractivity contribution in [1.82, 2.24) is 5.43 Å². The second-order valence-corrected chi connectivity index (χ2v) is 5.14. The highest BCUT2D eigenvalue weighted by Gasteiger charge is 2.12. The lowest BCUT2D eigenvalue weighted by molar-refractivity contribution is -0.123. The maximum absolute atomic E-state index is 11.9. The lowest BCUT2D eigenvalue weighted by atomic mass is 10.2. The van der Waals surface area contributed by atoms with Gasteiger partial charge < -0.3 is 18.9 Å². The molecule has 0 radical (unpaired) electrons. The summed E-state index contributed by atoms with van der Waals surface area (Å²) in [7, 11) is 4.54. The Balaban J connectivity index is 2.02. The maximum atomic E-state index is 11.9. The van der Waals surface area contributed by atoms with E-state index in [0.29, 0.717) is 34.1 Å². The van der Waals surface area contributed by atoms with E-state index in [9.17, 15) is 4.79 Å². The quantitative estimate of drug-likeness (QED) is 0.565. The SMILES string of the molecule is COc1cc(OC)c(/C=N\NC(=O)COc2ccccc2C#N)c(OC)c1. The molecule has 1 N–H and O–H groups in total. The molecule has 140 valence electrons. The van der Waals surface area contributed by atoms with Crippen LogP contribution in [0.4, 0.5) is 0 Å². The van der Waals surface area contributed by atoms with Crippen LogP contribution in [0.15, 0.2) is 41.5 Å². The van der Waals surface area contributed by atoms with Crippen molar-refractivity contribution >= 4 is 12.1 Å². The van der Waals surface area contributed by atoms with Crippen molar-refractivity contribution in [2.75, 3.05) is 27.9 Å². The van der Waals surface area contributed by atoms with E-state index in [4.69, 9.17) is 24.2 Å². The van der Waals surface area contributed by atoms with Crippen molar-refractivity contribution in [3.8, 4) is 29.1 Å². The summed E-state index contributed by atoms with van der Waals surface area (Å²) in [5, 5.41) is 12.9. The second-order valence-electron chi connectivity index (χ2n) is 5.14. The molecule has 0 saturated carbocycles. The highest BCUT2D eigenvalue weighted by Crippen LogP contribution is 2.32. The van der Waals surface area contributed by atoms with E-state index in [-0.39, 0.29) is 6.61 Å². The van der Waals surface area contributed by atoms with E-state index in [0.717, 1.165) is 0 Å². The summed E-state index contributed by atoms with van der Waals surface area (Å²) in [5.74, 6) is 1.37. The van der Waals surface area contributed by atoms with Crippen LogP contribution in [0, 0.1) is 11.3 Å². The number of carbonyl (C=O) groups excluding carboxylic acids is 1. The van der Waals surface area contributed by atoms with E-state index >= 15 is 0 Å². The number of carbonyl (C=O) groups is 1. The molecule has 2 aromatic carbocycles. The van der Waals surface area contributed by atoms with Gasteiger partial charge in [0.05, 0.1) is 38.7 Å². The highest BCUT2D eigenvalue weighted by atomic mass is 16.5. The summed E-state index contributed by atoms with van der Waals surface area (Å²) in [6.07, 6.45) is 1.40. The first-order chi connectivity index (χ1) is 13.1. The lowest BCUT2D eigenvalue weighted by Crippen LogP contribution is -2.24. The van der Waals surface area contributed by atoms with Crippen LogP contribution in [-0.4, -0.2) is 40.1 Å². The third kappa shape index (κ3) is 5.12. The molecule has 0 unspecified atom stereocenters. The van der Waals surface area contributed by atoms with Crippen LogP contribution >= 0.6 is 0 Å². The van der Waals surface area contributed by atoms with Crippen molar-refractivity contribution in [3.63, 3.8) is 0 Å². The zero-order valence-electron chi connectivity index (χ0n) is 15.2. The molecule has 27 heavy (non-hydrogen) atoms. The number of hydrogen-bond donors (Lipinski definition) is 1. The number of hydrazone groups is 1. The van der Waals surface area contributed by atoms with Gasteiger partial charge in [-0.3, -0.25) is 4.79 Å². The van der Waals surface area contributed by atoms with E-state index in [1.54, 1.807) is 36.4 Å². The van der Waals surface area contributed by atoms with Crippen molar-refractivity contribution in [1.29, 1.82) is 5.26 Å². The summed E-state index contributed by atoms with van der Waals surface area (Å²) in [4.78, 5) is 11.9. The minimum atomic E-state index is -0.481. The zero-order valence-corrected chi connectivity index (χ0v) is 15.2. The van der Waals surface area contributed by atoms with Gasteiger partial charge in [0.2, 0.25) is 0 Å². The molecule has 2 aromatic rings. The third-order valence-corrected chi connectivity index (χ3v) is 3.50. The van der Waals surface area contributed by atoms with E-state index in [2.05, 4.69) is 10.5 Å². The summed E-state index contributed by atoms with van der Waals surface area (Å²) in [5.41, 5.74) is 3.24. The molecular formula is C19H19N3O5. The Hall–Kier alpha value is -3.73. The first kappa shape index (κ1) is 19.6. The number of nitrogens with one attached hydrogen (secondary N) is 1. The molecule has 8 nitrogen and oxygen atoms in total. The van der Waals surface area contributed by atoms with Crippen LogP contribution in [0.3, 0.4) is 0 Å². The summed E-state index contributed by atoms with van der Waals surface area (Å²) < 4.78 is 21.1. The minimum Gasteiger partial charge on any atom is -0.496 e. The molecule has 0 bridgehead atoms. The van der Waals surface area contributed by atoms with Gasteiger partial charge in [-0.15, -0.1) is 0 Å². The smallest absolute Gasteiger partial charge is 0.277 e. The zero-order chi connectivity index (χ0) is 19.6. The van der Waals surface area contributed by atoms with Crippen LogP contribution < -0.4 is 24.4 Å². The average molecular weight is 369 g/mol.